The van der Waals surface area contributed by atoms with E-state index in [1.165, 1.54) is 12.1 Å². The maximum atomic E-state index is 13.4. The Kier molecular flexibility index (Phi) is 3.61. The normalized spacial score (nSPS) is 11.1. The van der Waals surface area contributed by atoms with Gasteiger partial charge in [0.15, 0.2) is 5.78 Å². The molecule has 102 valence electrons. The van der Waals surface area contributed by atoms with Crippen molar-refractivity contribution < 1.29 is 23.5 Å². The lowest BCUT2D eigenvalue weighted by molar-refractivity contribution is -0.166. The van der Waals surface area contributed by atoms with Gasteiger partial charge in [0.25, 0.3) is 0 Å². The van der Waals surface area contributed by atoms with Gasteiger partial charge in [0.2, 0.25) is 0 Å². The molecule has 0 radical (unpaired) electrons. The molecule has 0 heterocycles. The molecule has 0 atom stereocenters. The van der Waals surface area contributed by atoms with Crippen molar-refractivity contribution in [2.24, 2.45) is 0 Å². The quantitative estimate of drug-likeness (QED) is 0.873. The molecule has 0 unspecified atom stereocenters. The summed E-state index contributed by atoms with van der Waals surface area (Å²) in [4.78, 5) is 22.6. The van der Waals surface area contributed by atoms with Crippen molar-refractivity contribution in [2.75, 3.05) is 0 Å². The molecule has 0 bridgehead atoms. The number of benzene rings is 2. The van der Waals surface area contributed by atoms with Crippen LogP contribution in [0, 0.1) is 0 Å². The molecule has 0 aliphatic carbocycles. The number of hydrogen-bond donors (Lipinski definition) is 1. The van der Waals surface area contributed by atoms with Crippen LogP contribution in [-0.4, -0.2) is 16.9 Å². The number of alkyl halides is 2. The van der Waals surface area contributed by atoms with Crippen LogP contribution in [-0.2, 0) is 10.7 Å². The van der Waals surface area contributed by atoms with Crippen molar-refractivity contribution in [3.63, 3.8) is 0 Å². The number of hydrogen-bond acceptors (Lipinski definition) is 2. The van der Waals surface area contributed by atoms with Crippen LogP contribution < -0.4 is 0 Å². The highest BCUT2D eigenvalue weighted by Crippen LogP contribution is 2.29. The summed E-state index contributed by atoms with van der Waals surface area (Å²) in [6.45, 7) is 0. The van der Waals surface area contributed by atoms with Gasteiger partial charge in [-0.2, -0.15) is 8.78 Å². The molecule has 3 nitrogen and oxygen atoms in total. The fraction of sp³-hybridized carbons (Fsp3) is 0.0667. The lowest BCUT2D eigenvalue weighted by atomic mass is 9.99. The van der Waals surface area contributed by atoms with E-state index in [0.717, 1.165) is 12.1 Å². The van der Waals surface area contributed by atoms with Gasteiger partial charge in [0.05, 0.1) is 0 Å². The van der Waals surface area contributed by atoms with Crippen LogP contribution in [0.3, 0.4) is 0 Å². The molecule has 2 aromatic rings. The third-order valence-electron chi connectivity index (χ3n) is 2.79. The fourth-order valence-corrected chi connectivity index (χ4v) is 1.74. The summed E-state index contributed by atoms with van der Waals surface area (Å²) < 4.78 is 26.8. The zero-order valence-electron chi connectivity index (χ0n) is 10.2. The van der Waals surface area contributed by atoms with Crippen LogP contribution in [0.1, 0.15) is 21.5 Å². The van der Waals surface area contributed by atoms with E-state index in [0.29, 0.717) is 5.56 Å². The highest BCUT2D eigenvalue weighted by atomic mass is 19.3. The summed E-state index contributed by atoms with van der Waals surface area (Å²) in [6, 6.07) is 12.7. The molecule has 20 heavy (non-hydrogen) atoms. The second kappa shape index (κ2) is 5.21. The molecule has 0 saturated heterocycles. The fourth-order valence-electron chi connectivity index (χ4n) is 1.74. The van der Waals surface area contributed by atoms with Crippen LogP contribution in [0.15, 0.2) is 54.6 Å². The number of carboxylic acid groups (broad SMARTS) is 1. The summed E-state index contributed by atoms with van der Waals surface area (Å²) in [5.74, 6) is -6.71. The number of rotatable bonds is 4. The molecular formula is C15H10F2O3. The Labute approximate surface area is 113 Å². The SMILES string of the molecule is O=C(c1ccccc1)c1cccc(C(F)(F)C(=O)O)c1. The zero-order valence-corrected chi connectivity index (χ0v) is 10.2. The third-order valence-corrected chi connectivity index (χ3v) is 2.79. The Morgan fingerprint density at radius 1 is 0.900 bits per heavy atom. The first-order valence-corrected chi connectivity index (χ1v) is 5.74. The topological polar surface area (TPSA) is 54.4 Å². The summed E-state index contributed by atoms with van der Waals surface area (Å²) in [5, 5.41) is 8.51. The van der Waals surface area contributed by atoms with Gasteiger partial charge in [0.1, 0.15) is 0 Å². The highest BCUT2D eigenvalue weighted by Gasteiger charge is 2.41. The molecule has 2 aromatic carbocycles. The molecule has 1 N–H and O–H groups in total. The number of carbonyl (C=O) groups is 2. The maximum Gasteiger partial charge on any atom is 0.379 e. The second-order valence-corrected chi connectivity index (χ2v) is 4.16. The van der Waals surface area contributed by atoms with E-state index in [9.17, 15) is 18.4 Å². The molecule has 2 rings (SSSR count). The number of carbonyl (C=O) groups excluding carboxylic acids is 1. The molecule has 0 amide bonds. The van der Waals surface area contributed by atoms with E-state index < -0.39 is 23.2 Å². The average Bonchev–Trinajstić information content (AvgIpc) is 2.47. The standard InChI is InChI=1S/C15H10F2O3/c16-15(17,14(19)20)12-8-4-7-11(9-12)13(18)10-5-2-1-3-6-10/h1-9H,(H,19,20). The van der Waals surface area contributed by atoms with Crippen LogP contribution in [0.4, 0.5) is 8.78 Å². The van der Waals surface area contributed by atoms with Gasteiger partial charge >= 0.3 is 11.9 Å². The van der Waals surface area contributed by atoms with Gasteiger partial charge in [-0.05, 0) is 6.07 Å². The maximum absolute atomic E-state index is 13.4. The average molecular weight is 276 g/mol. The van der Waals surface area contributed by atoms with E-state index in [2.05, 4.69) is 0 Å². The van der Waals surface area contributed by atoms with Crippen molar-refractivity contribution >= 4 is 11.8 Å². The van der Waals surface area contributed by atoms with Gasteiger partial charge in [-0.3, -0.25) is 4.79 Å². The molecule has 0 saturated carbocycles. The van der Waals surface area contributed by atoms with Crippen LogP contribution in [0.25, 0.3) is 0 Å². The van der Waals surface area contributed by atoms with Gasteiger partial charge in [0, 0.05) is 16.7 Å². The van der Waals surface area contributed by atoms with Crippen molar-refractivity contribution in [3.05, 3.63) is 71.3 Å². The van der Waals surface area contributed by atoms with Gasteiger partial charge < -0.3 is 5.11 Å². The lowest BCUT2D eigenvalue weighted by Gasteiger charge is -2.12. The summed E-state index contributed by atoms with van der Waals surface area (Å²) >= 11 is 0. The summed E-state index contributed by atoms with van der Waals surface area (Å²) in [6.07, 6.45) is 0. The Hall–Kier alpha value is -2.56. The molecule has 0 aromatic heterocycles. The minimum atomic E-state index is -4.02. The molecule has 0 spiro atoms. The van der Waals surface area contributed by atoms with Gasteiger partial charge in [-0.15, -0.1) is 0 Å². The smallest absolute Gasteiger partial charge is 0.379 e. The van der Waals surface area contributed by atoms with Crippen molar-refractivity contribution in [3.8, 4) is 0 Å². The highest BCUT2D eigenvalue weighted by molar-refractivity contribution is 6.09. The van der Waals surface area contributed by atoms with Gasteiger partial charge in [-0.25, -0.2) is 4.79 Å². The molecule has 0 aliphatic heterocycles. The summed E-state index contributed by atoms with van der Waals surface area (Å²) in [5.41, 5.74) is -0.343. The summed E-state index contributed by atoms with van der Waals surface area (Å²) in [7, 11) is 0. The van der Waals surface area contributed by atoms with E-state index in [1.54, 1.807) is 30.3 Å². The first-order chi connectivity index (χ1) is 9.43. The number of ketones is 1. The largest absolute Gasteiger partial charge is 0.477 e. The molecular weight excluding hydrogens is 266 g/mol. The van der Waals surface area contributed by atoms with E-state index in [4.69, 9.17) is 5.11 Å². The minimum absolute atomic E-state index is 0.0228. The van der Waals surface area contributed by atoms with E-state index in [-0.39, 0.29) is 5.56 Å². The monoisotopic (exact) mass is 276 g/mol. The molecule has 0 aliphatic rings. The third kappa shape index (κ3) is 2.56. The molecule has 0 fully saturated rings. The Bertz CT molecular complexity index is 651. The first-order valence-electron chi connectivity index (χ1n) is 5.74. The predicted octanol–water partition coefficient (Wildman–Crippen LogP) is 3.09. The molecule has 5 heteroatoms. The Balaban J connectivity index is 2.41. The second-order valence-electron chi connectivity index (χ2n) is 4.16. The van der Waals surface area contributed by atoms with Crippen LogP contribution in [0.2, 0.25) is 0 Å². The Morgan fingerprint density at radius 2 is 1.50 bits per heavy atom. The van der Waals surface area contributed by atoms with Crippen molar-refractivity contribution in [1.29, 1.82) is 0 Å². The zero-order chi connectivity index (χ0) is 14.8. The van der Waals surface area contributed by atoms with E-state index in [1.807, 2.05) is 0 Å². The van der Waals surface area contributed by atoms with Crippen LogP contribution in [0.5, 0.6) is 0 Å². The minimum Gasteiger partial charge on any atom is -0.477 e. The Morgan fingerprint density at radius 3 is 2.10 bits per heavy atom. The van der Waals surface area contributed by atoms with Crippen LogP contribution >= 0.6 is 0 Å². The predicted molar refractivity (Wildman–Crippen MR) is 67.8 cm³/mol. The number of halogens is 2. The van der Waals surface area contributed by atoms with Gasteiger partial charge in [-0.1, -0.05) is 48.5 Å². The number of carboxylic acids is 1. The van der Waals surface area contributed by atoms with Crippen molar-refractivity contribution in [2.45, 2.75) is 5.92 Å². The van der Waals surface area contributed by atoms with Crippen molar-refractivity contribution in [1.82, 2.24) is 0 Å². The first kappa shape index (κ1) is 13.9. The van der Waals surface area contributed by atoms with E-state index >= 15 is 0 Å². The number of aliphatic carboxylic acids is 1. The lowest BCUT2D eigenvalue weighted by Crippen LogP contribution is -2.25.